The van der Waals surface area contributed by atoms with Gasteiger partial charge in [-0.2, -0.15) is 0 Å². The second kappa shape index (κ2) is 4.68. The SMILES string of the molecule is c1cnc2c(-c3ccc4c(c3)[nH]c3ccccc34)cccc2c1. The van der Waals surface area contributed by atoms with E-state index in [4.69, 9.17) is 0 Å². The average molecular weight is 294 g/mol. The number of hydrogen-bond acceptors (Lipinski definition) is 1. The van der Waals surface area contributed by atoms with Gasteiger partial charge in [0.25, 0.3) is 0 Å². The first-order chi connectivity index (χ1) is 11.4. The van der Waals surface area contributed by atoms with Crippen LogP contribution in [0.2, 0.25) is 0 Å². The second-order valence-electron chi connectivity index (χ2n) is 5.81. The molecule has 2 aromatic heterocycles. The molecule has 0 unspecified atom stereocenters. The lowest BCUT2D eigenvalue weighted by atomic mass is 10.0. The maximum Gasteiger partial charge on any atom is 0.0780 e. The first-order valence-corrected chi connectivity index (χ1v) is 7.75. The predicted molar refractivity (Wildman–Crippen MR) is 96.5 cm³/mol. The van der Waals surface area contributed by atoms with Crippen molar-refractivity contribution in [2.75, 3.05) is 0 Å². The van der Waals surface area contributed by atoms with Crippen molar-refractivity contribution >= 4 is 32.7 Å². The van der Waals surface area contributed by atoms with Gasteiger partial charge in [-0.3, -0.25) is 4.98 Å². The van der Waals surface area contributed by atoms with Crippen LogP contribution in [0.1, 0.15) is 0 Å². The third kappa shape index (κ3) is 1.85. The van der Waals surface area contributed by atoms with Crippen LogP contribution >= 0.6 is 0 Å². The molecule has 2 nitrogen and oxygen atoms in total. The molecule has 108 valence electrons. The van der Waals surface area contributed by atoms with Crippen molar-refractivity contribution in [1.29, 1.82) is 0 Å². The lowest BCUT2D eigenvalue weighted by molar-refractivity contribution is 1.41. The van der Waals surface area contributed by atoms with E-state index in [2.05, 4.69) is 76.7 Å². The van der Waals surface area contributed by atoms with Gasteiger partial charge >= 0.3 is 0 Å². The summed E-state index contributed by atoms with van der Waals surface area (Å²) in [6.07, 6.45) is 1.85. The molecule has 0 saturated heterocycles. The van der Waals surface area contributed by atoms with Crippen molar-refractivity contribution in [1.82, 2.24) is 9.97 Å². The van der Waals surface area contributed by atoms with Gasteiger partial charge in [-0.05, 0) is 23.8 Å². The Bertz CT molecular complexity index is 1160. The van der Waals surface area contributed by atoms with E-state index in [0.29, 0.717) is 0 Å². The van der Waals surface area contributed by atoms with E-state index in [1.165, 1.54) is 32.8 Å². The van der Waals surface area contributed by atoms with Gasteiger partial charge in [0.1, 0.15) is 0 Å². The van der Waals surface area contributed by atoms with Crippen molar-refractivity contribution in [2.45, 2.75) is 0 Å². The van der Waals surface area contributed by atoms with Crippen LogP contribution in [0.25, 0.3) is 43.8 Å². The average Bonchev–Trinajstić information content (AvgIpc) is 2.99. The van der Waals surface area contributed by atoms with Gasteiger partial charge in [0, 0.05) is 39.0 Å². The molecule has 0 spiro atoms. The number of aromatic amines is 1. The van der Waals surface area contributed by atoms with Gasteiger partial charge in [0.15, 0.2) is 0 Å². The predicted octanol–water partition coefficient (Wildman–Crippen LogP) is 5.54. The number of nitrogens with one attached hydrogen (secondary N) is 1. The lowest BCUT2D eigenvalue weighted by Gasteiger charge is -2.06. The van der Waals surface area contributed by atoms with E-state index in [1.54, 1.807) is 0 Å². The van der Waals surface area contributed by atoms with E-state index < -0.39 is 0 Å². The van der Waals surface area contributed by atoms with E-state index in [-0.39, 0.29) is 0 Å². The molecule has 0 bridgehead atoms. The standard InChI is InChI=1S/C21H14N2/c1-2-9-19-17(7-1)18-11-10-15(13-20(18)23-19)16-8-3-5-14-6-4-12-22-21(14)16/h1-13,23H. The van der Waals surface area contributed by atoms with Crippen LogP contribution in [0.4, 0.5) is 0 Å². The van der Waals surface area contributed by atoms with Crippen LogP contribution in [0.3, 0.4) is 0 Å². The van der Waals surface area contributed by atoms with E-state index in [0.717, 1.165) is 11.0 Å². The number of rotatable bonds is 1. The van der Waals surface area contributed by atoms with Gasteiger partial charge in [0.2, 0.25) is 0 Å². The zero-order chi connectivity index (χ0) is 15.2. The molecule has 0 saturated carbocycles. The number of fused-ring (bicyclic) bond motifs is 4. The van der Waals surface area contributed by atoms with Crippen LogP contribution in [-0.2, 0) is 0 Å². The fourth-order valence-electron chi connectivity index (χ4n) is 3.36. The van der Waals surface area contributed by atoms with Crippen LogP contribution in [-0.4, -0.2) is 9.97 Å². The number of benzene rings is 3. The van der Waals surface area contributed by atoms with Gasteiger partial charge in [0.05, 0.1) is 5.52 Å². The minimum Gasteiger partial charge on any atom is -0.354 e. The number of nitrogens with zero attached hydrogens (tertiary/aromatic N) is 1. The van der Waals surface area contributed by atoms with Crippen molar-refractivity contribution in [3.8, 4) is 11.1 Å². The lowest BCUT2D eigenvalue weighted by Crippen LogP contribution is -1.84. The topological polar surface area (TPSA) is 28.7 Å². The Morgan fingerprint density at radius 1 is 0.696 bits per heavy atom. The normalized spacial score (nSPS) is 11.5. The smallest absolute Gasteiger partial charge is 0.0780 e. The van der Waals surface area contributed by atoms with Crippen molar-refractivity contribution in [3.05, 3.63) is 79.0 Å². The molecule has 5 aromatic rings. The number of hydrogen-bond donors (Lipinski definition) is 1. The highest BCUT2D eigenvalue weighted by Crippen LogP contribution is 2.32. The van der Waals surface area contributed by atoms with E-state index in [1.807, 2.05) is 12.3 Å². The summed E-state index contributed by atoms with van der Waals surface area (Å²) in [7, 11) is 0. The summed E-state index contributed by atoms with van der Waals surface area (Å²) in [6, 6.07) is 25.4. The van der Waals surface area contributed by atoms with Crippen LogP contribution in [0.15, 0.2) is 79.0 Å². The summed E-state index contributed by atoms with van der Waals surface area (Å²) in [6.45, 7) is 0. The van der Waals surface area contributed by atoms with Crippen LogP contribution in [0, 0.1) is 0 Å². The van der Waals surface area contributed by atoms with E-state index in [9.17, 15) is 0 Å². The highest BCUT2D eigenvalue weighted by Gasteiger charge is 2.08. The first kappa shape index (κ1) is 12.4. The van der Waals surface area contributed by atoms with Crippen molar-refractivity contribution in [2.24, 2.45) is 0 Å². The molecule has 0 aliphatic carbocycles. The van der Waals surface area contributed by atoms with E-state index >= 15 is 0 Å². The summed E-state index contributed by atoms with van der Waals surface area (Å²) in [4.78, 5) is 8.09. The van der Waals surface area contributed by atoms with Gasteiger partial charge < -0.3 is 4.98 Å². The number of para-hydroxylation sites is 2. The Labute approximate surface area is 133 Å². The van der Waals surface area contributed by atoms with Gasteiger partial charge in [-0.15, -0.1) is 0 Å². The summed E-state index contributed by atoms with van der Waals surface area (Å²) >= 11 is 0. The Balaban J connectivity index is 1.81. The molecule has 5 rings (SSSR count). The van der Waals surface area contributed by atoms with Gasteiger partial charge in [-0.25, -0.2) is 0 Å². The molecule has 0 aliphatic rings. The Hall–Kier alpha value is -3.13. The second-order valence-corrected chi connectivity index (χ2v) is 5.81. The molecule has 3 aromatic carbocycles. The molecule has 0 amide bonds. The Morgan fingerprint density at radius 3 is 2.57 bits per heavy atom. The van der Waals surface area contributed by atoms with Crippen molar-refractivity contribution in [3.63, 3.8) is 0 Å². The largest absolute Gasteiger partial charge is 0.354 e. The molecule has 0 radical (unpaired) electrons. The number of H-pyrrole nitrogens is 1. The number of aromatic nitrogens is 2. The third-order valence-corrected chi connectivity index (χ3v) is 4.45. The zero-order valence-electron chi connectivity index (χ0n) is 12.5. The minimum absolute atomic E-state index is 1.05. The zero-order valence-corrected chi connectivity index (χ0v) is 12.5. The minimum atomic E-state index is 1.05. The summed E-state index contributed by atoms with van der Waals surface area (Å²) < 4.78 is 0. The summed E-state index contributed by atoms with van der Waals surface area (Å²) in [5.74, 6) is 0. The number of pyridine rings is 1. The van der Waals surface area contributed by atoms with Crippen LogP contribution in [0.5, 0.6) is 0 Å². The van der Waals surface area contributed by atoms with Gasteiger partial charge in [-0.1, -0.05) is 54.6 Å². The molecule has 2 heterocycles. The Kier molecular flexibility index (Phi) is 2.53. The Morgan fingerprint density at radius 2 is 1.57 bits per heavy atom. The highest BCUT2D eigenvalue weighted by atomic mass is 14.7. The maximum atomic E-state index is 4.57. The van der Waals surface area contributed by atoms with Crippen molar-refractivity contribution < 1.29 is 0 Å². The highest BCUT2D eigenvalue weighted by molar-refractivity contribution is 6.08. The summed E-state index contributed by atoms with van der Waals surface area (Å²) in [5.41, 5.74) is 5.75. The fraction of sp³-hybridized carbons (Fsp3) is 0. The van der Waals surface area contributed by atoms with Crippen LogP contribution < -0.4 is 0 Å². The molecule has 23 heavy (non-hydrogen) atoms. The first-order valence-electron chi connectivity index (χ1n) is 7.75. The monoisotopic (exact) mass is 294 g/mol. The molecule has 0 atom stereocenters. The molecule has 2 heteroatoms. The maximum absolute atomic E-state index is 4.57. The quantitative estimate of drug-likeness (QED) is 0.432. The molecule has 1 N–H and O–H groups in total. The summed E-state index contributed by atoms with van der Waals surface area (Å²) in [5, 5.41) is 3.70. The third-order valence-electron chi connectivity index (χ3n) is 4.45. The molecule has 0 aliphatic heterocycles. The fourth-order valence-corrected chi connectivity index (χ4v) is 3.36. The molecule has 0 fully saturated rings. The molecular weight excluding hydrogens is 280 g/mol. The molecular formula is C21H14N2.